The summed E-state index contributed by atoms with van der Waals surface area (Å²) in [6.45, 7) is 1.86. The number of carbonyl (C=O) groups excluding carboxylic acids is 1. The van der Waals surface area contributed by atoms with Gasteiger partial charge < -0.3 is 4.74 Å². The van der Waals surface area contributed by atoms with Crippen molar-refractivity contribution in [1.82, 2.24) is 4.98 Å². The second-order valence-corrected chi connectivity index (χ2v) is 5.34. The van der Waals surface area contributed by atoms with Crippen molar-refractivity contribution in [2.24, 2.45) is 0 Å². The number of pyridine rings is 1. The summed E-state index contributed by atoms with van der Waals surface area (Å²) in [5, 5.41) is 0. The minimum absolute atomic E-state index is 0.301. The van der Waals surface area contributed by atoms with E-state index in [1.54, 1.807) is 6.07 Å². The molecule has 118 valence electrons. The summed E-state index contributed by atoms with van der Waals surface area (Å²) >= 11 is 0. The van der Waals surface area contributed by atoms with Crippen LogP contribution in [0.5, 0.6) is 5.88 Å². The van der Waals surface area contributed by atoms with Gasteiger partial charge in [0.2, 0.25) is 5.88 Å². The smallest absolute Gasteiger partial charge is 0.345 e. The second-order valence-electron chi connectivity index (χ2n) is 5.34. The highest BCUT2D eigenvalue weighted by Gasteiger charge is 2.15. The Morgan fingerprint density at radius 2 is 1.54 bits per heavy atom. The highest BCUT2D eigenvalue weighted by Crippen LogP contribution is 2.21. The summed E-state index contributed by atoms with van der Waals surface area (Å²) in [4.78, 5) is 16.9. The van der Waals surface area contributed by atoms with E-state index in [1.807, 2.05) is 85.8 Å². The van der Waals surface area contributed by atoms with Crippen molar-refractivity contribution in [3.8, 4) is 5.88 Å². The quantitative estimate of drug-likeness (QED) is 0.403. The summed E-state index contributed by atoms with van der Waals surface area (Å²) in [6, 6.07) is 24.5. The number of hydrogen-bond donors (Lipinski definition) is 0. The topological polar surface area (TPSA) is 39.2 Å². The monoisotopic (exact) mass is 315 g/mol. The fraction of sp³-hybridized carbons (Fsp3) is 0.0476. The summed E-state index contributed by atoms with van der Waals surface area (Å²) in [5.74, 6) is -0.127. The van der Waals surface area contributed by atoms with E-state index in [0.29, 0.717) is 11.5 Å². The van der Waals surface area contributed by atoms with Gasteiger partial charge in [-0.25, -0.2) is 9.78 Å². The van der Waals surface area contributed by atoms with Crippen LogP contribution in [-0.2, 0) is 4.79 Å². The highest BCUT2D eigenvalue weighted by molar-refractivity contribution is 6.22. The number of esters is 1. The van der Waals surface area contributed by atoms with Crippen molar-refractivity contribution in [3.05, 3.63) is 95.7 Å². The van der Waals surface area contributed by atoms with E-state index in [-0.39, 0.29) is 0 Å². The molecule has 0 N–H and O–H groups in total. The molecule has 0 aliphatic rings. The third-order valence-electron chi connectivity index (χ3n) is 3.48. The molecular weight excluding hydrogens is 298 g/mol. The Bertz CT molecular complexity index is 855. The molecule has 0 amide bonds. The fourth-order valence-electron chi connectivity index (χ4n) is 2.32. The first kappa shape index (κ1) is 15.7. The molecule has 3 heteroatoms. The highest BCUT2D eigenvalue weighted by atomic mass is 16.5. The lowest BCUT2D eigenvalue weighted by Crippen LogP contribution is -2.11. The van der Waals surface area contributed by atoms with Crippen molar-refractivity contribution >= 4 is 17.6 Å². The summed E-state index contributed by atoms with van der Waals surface area (Å²) in [5.41, 5.74) is 3.03. The SMILES string of the molecule is Cc1cccc(OC(=O)/C(=C\c2ccccc2)c2ccccc2)n1. The van der Waals surface area contributed by atoms with E-state index in [9.17, 15) is 4.79 Å². The second kappa shape index (κ2) is 7.38. The Balaban J connectivity index is 1.95. The third-order valence-corrected chi connectivity index (χ3v) is 3.48. The van der Waals surface area contributed by atoms with Crippen LogP contribution < -0.4 is 4.74 Å². The molecule has 0 atom stereocenters. The molecule has 3 nitrogen and oxygen atoms in total. The average molecular weight is 315 g/mol. The molecular formula is C21H17NO2. The molecule has 24 heavy (non-hydrogen) atoms. The first-order chi connectivity index (χ1) is 11.7. The lowest BCUT2D eigenvalue weighted by molar-refractivity contribution is -0.128. The maximum absolute atomic E-state index is 12.7. The molecule has 0 saturated carbocycles. The normalized spacial score (nSPS) is 11.1. The summed E-state index contributed by atoms with van der Waals surface area (Å²) in [7, 11) is 0. The molecule has 0 bridgehead atoms. The molecule has 2 aromatic carbocycles. The van der Waals surface area contributed by atoms with Gasteiger partial charge in [-0.15, -0.1) is 0 Å². The maximum Gasteiger partial charge on any atom is 0.345 e. The van der Waals surface area contributed by atoms with Crippen molar-refractivity contribution in [1.29, 1.82) is 0 Å². The molecule has 0 fully saturated rings. The summed E-state index contributed by atoms with van der Waals surface area (Å²) < 4.78 is 5.47. The Morgan fingerprint density at radius 3 is 2.21 bits per heavy atom. The van der Waals surface area contributed by atoms with Crippen molar-refractivity contribution in [2.45, 2.75) is 6.92 Å². The van der Waals surface area contributed by atoms with E-state index in [0.717, 1.165) is 16.8 Å². The van der Waals surface area contributed by atoms with Gasteiger partial charge in [-0.2, -0.15) is 0 Å². The predicted molar refractivity (Wildman–Crippen MR) is 95.4 cm³/mol. The van der Waals surface area contributed by atoms with E-state index < -0.39 is 5.97 Å². The zero-order valence-electron chi connectivity index (χ0n) is 13.3. The van der Waals surface area contributed by atoms with Gasteiger partial charge in [0.1, 0.15) is 0 Å². The van der Waals surface area contributed by atoms with Gasteiger partial charge in [0.15, 0.2) is 0 Å². The van der Waals surface area contributed by atoms with Crippen LogP contribution in [0.25, 0.3) is 11.6 Å². The van der Waals surface area contributed by atoms with Gasteiger partial charge in [-0.3, -0.25) is 0 Å². The van der Waals surface area contributed by atoms with E-state index in [4.69, 9.17) is 4.74 Å². The Hall–Kier alpha value is -3.20. The van der Waals surface area contributed by atoms with Crippen molar-refractivity contribution < 1.29 is 9.53 Å². The van der Waals surface area contributed by atoms with Gasteiger partial charge in [-0.1, -0.05) is 66.7 Å². The van der Waals surface area contributed by atoms with Gasteiger partial charge in [0, 0.05) is 11.8 Å². The van der Waals surface area contributed by atoms with Crippen LogP contribution in [0, 0.1) is 6.92 Å². The molecule has 1 heterocycles. The van der Waals surface area contributed by atoms with E-state index in [1.165, 1.54) is 0 Å². The number of carbonyl (C=O) groups is 1. The molecule has 0 saturated heterocycles. The number of ether oxygens (including phenoxy) is 1. The molecule has 0 aliphatic carbocycles. The number of benzene rings is 2. The molecule has 1 aromatic heterocycles. The van der Waals surface area contributed by atoms with Crippen LogP contribution in [0.15, 0.2) is 78.9 Å². The largest absolute Gasteiger partial charge is 0.404 e. The number of rotatable bonds is 4. The maximum atomic E-state index is 12.7. The number of aryl methyl sites for hydroxylation is 1. The van der Waals surface area contributed by atoms with Crippen LogP contribution in [0.3, 0.4) is 0 Å². The molecule has 3 rings (SSSR count). The standard InChI is InChI=1S/C21H17NO2/c1-16-9-8-14-20(22-16)24-21(23)19(18-12-6-3-7-13-18)15-17-10-4-2-5-11-17/h2-15H,1H3/b19-15-. The zero-order valence-corrected chi connectivity index (χ0v) is 13.3. The summed E-state index contributed by atoms with van der Waals surface area (Å²) in [6.07, 6.45) is 1.83. The Labute approximate surface area is 141 Å². The lowest BCUT2D eigenvalue weighted by atomic mass is 10.0. The Morgan fingerprint density at radius 1 is 0.875 bits per heavy atom. The minimum atomic E-state index is -0.428. The lowest BCUT2D eigenvalue weighted by Gasteiger charge is -2.08. The van der Waals surface area contributed by atoms with E-state index >= 15 is 0 Å². The average Bonchev–Trinajstić information content (AvgIpc) is 2.61. The molecule has 0 spiro atoms. The van der Waals surface area contributed by atoms with Crippen molar-refractivity contribution in [2.75, 3.05) is 0 Å². The van der Waals surface area contributed by atoms with Crippen LogP contribution in [-0.4, -0.2) is 11.0 Å². The van der Waals surface area contributed by atoms with Crippen LogP contribution in [0.4, 0.5) is 0 Å². The first-order valence-electron chi connectivity index (χ1n) is 7.70. The van der Waals surface area contributed by atoms with Crippen LogP contribution >= 0.6 is 0 Å². The fourth-order valence-corrected chi connectivity index (χ4v) is 2.32. The van der Waals surface area contributed by atoms with Crippen LogP contribution in [0.2, 0.25) is 0 Å². The predicted octanol–water partition coefficient (Wildman–Crippen LogP) is 4.54. The third kappa shape index (κ3) is 3.96. The van der Waals surface area contributed by atoms with E-state index in [2.05, 4.69) is 4.98 Å². The number of aromatic nitrogens is 1. The molecule has 0 radical (unpaired) electrons. The molecule has 0 unspecified atom stereocenters. The molecule has 0 aliphatic heterocycles. The minimum Gasteiger partial charge on any atom is -0.404 e. The Kier molecular flexibility index (Phi) is 4.82. The number of hydrogen-bond acceptors (Lipinski definition) is 3. The van der Waals surface area contributed by atoms with Gasteiger partial charge in [-0.05, 0) is 30.2 Å². The van der Waals surface area contributed by atoms with Gasteiger partial charge in [0.25, 0.3) is 0 Å². The van der Waals surface area contributed by atoms with Crippen molar-refractivity contribution in [3.63, 3.8) is 0 Å². The van der Waals surface area contributed by atoms with Crippen LogP contribution in [0.1, 0.15) is 16.8 Å². The number of nitrogens with zero attached hydrogens (tertiary/aromatic N) is 1. The first-order valence-corrected chi connectivity index (χ1v) is 7.70. The van der Waals surface area contributed by atoms with Gasteiger partial charge >= 0.3 is 5.97 Å². The zero-order chi connectivity index (χ0) is 16.8. The molecule has 3 aromatic rings. The van der Waals surface area contributed by atoms with Gasteiger partial charge in [0.05, 0.1) is 5.57 Å².